The van der Waals surface area contributed by atoms with Crippen LogP contribution >= 0.6 is 0 Å². The van der Waals surface area contributed by atoms with Crippen LogP contribution in [0.5, 0.6) is 0 Å². The molecule has 0 aromatic carbocycles. The summed E-state index contributed by atoms with van der Waals surface area (Å²) in [5.74, 6) is 2.92. The van der Waals surface area contributed by atoms with E-state index in [9.17, 15) is 9.59 Å². The van der Waals surface area contributed by atoms with Gasteiger partial charge in [0.2, 0.25) is 0 Å². The number of carbonyl (C=O) groups is 2. The number of rotatable bonds is 0. The van der Waals surface area contributed by atoms with Gasteiger partial charge in [0, 0.05) is 24.7 Å². The Morgan fingerprint density at radius 2 is 1.76 bits per heavy atom. The van der Waals surface area contributed by atoms with Crippen molar-refractivity contribution in [3.63, 3.8) is 0 Å². The molecule has 21 heavy (non-hydrogen) atoms. The maximum atomic E-state index is 12.4. The molecule has 5 atom stereocenters. The summed E-state index contributed by atoms with van der Waals surface area (Å²) in [6.07, 6.45) is 10.2. The van der Waals surface area contributed by atoms with Crippen molar-refractivity contribution in [3.8, 4) is 0 Å². The fourth-order valence-corrected chi connectivity index (χ4v) is 6.25. The first-order valence-electron chi connectivity index (χ1n) is 8.70. The van der Waals surface area contributed by atoms with E-state index in [1.807, 2.05) is 0 Å². The van der Waals surface area contributed by atoms with E-state index in [2.05, 4.69) is 19.9 Å². The van der Waals surface area contributed by atoms with Crippen molar-refractivity contribution in [2.75, 3.05) is 0 Å². The molecule has 0 radical (unpaired) electrons. The molecule has 0 heterocycles. The van der Waals surface area contributed by atoms with Gasteiger partial charge in [-0.1, -0.05) is 25.5 Å². The van der Waals surface area contributed by atoms with E-state index in [0.717, 1.165) is 38.5 Å². The Morgan fingerprint density at radius 1 is 1.00 bits per heavy atom. The van der Waals surface area contributed by atoms with E-state index in [1.165, 1.54) is 12.0 Å². The second-order valence-corrected chi connectivity index (χ2v) is 8.39. The van der Waals surface area contributed by atoms with E-state index in [4.69, 9.17) is 0 Å². The first-order chi connectivity index (χ1) is 9.95. The van der Waals surface area contributed by atoms with Gasteiger partial charge in [-0.2, -0.15) is 0 Å². The van der Waals surface area contributed by atoms with Gasteiger partial charge in [-0.05, 0) is 55.3 Å². The van der Waals surface area contributed by atoms with Crippen LogP contribution in [-0.2, 0) is 9.59 Å². The van der Waals surface area contributed by atoms with Gasteiger partial charge in [-0.15, -0.1) is 0 Å². The Bertz CT molecular complexity index is 546. The van der Waals surface area contributed by atoms with Crippen molar-refractivity contribution in [1.29, 1.82) is 0 Å². The molecule has 4 rings (SSSR count). The zero-order valence-corrected chi connectivity index (χ0v) is 13.3. The highest BCUT2D eigenvalue weighted by Crippen LogP contribution is 2.63. The predicted octanol–water partition coefficient (Wildman–Crippen LogP) is 4.09. The van der Waals surface area contributed by atoms with Crippen LogP contribution in [0.4, 0.5) is 0 Å². The van der Waals surface area contributed by atoms with E-state index in [1.54, 1.807) is 0 Å². The maximum absolute atomic E-state index is 12.4. The Kier molecular flexibility index (Phi) is 2.81. The maximum Gasteiger partial charge on any atom is 0.139 e. The minimum atomic E-state index is -0.0344. The van der Waals surface area contributed by atoms with Crippen LogP contribution in [0.15, 0.2) is 11.6 Å². The summed E-state index contributed by atoms with van der Waals surface area (Å²) in [4.78, 5) is 24.2. The molecule has 0 aromatic heterocycles. The zero-order chi connectivity index (χ0) is 14.8. The molecule has 0 spiro atoms. The first kappa shape index (κ1) is 13.7. The van der Waals surface area contributed by atoms with Gasteiger partial charge in [-0.25, -0.2) is 0 Å². The molecule has 0 aromatic rings. The fraction of sp³-hybridized carbons (Fsp3) is 0.789. The van der Waals surface area contributed by atoms with Gasteiger partial charge >= 0.3 is 0 Å². The average molecular weight is 286 g/mol. The van der Waals surface area contributed by atoms with Crippen molar-refractivity contribution in [1.82, 2.24) is 0 Å². The van der Waals surface area contributed by atoms with Crippen molar-refractivity contribution in [3.05, 3.63) is 11.6 Å². The van der Waals surface area contributed by atoms with Gasteiger partial charge in [0.05, 0.1) is 0 Å². The number of hydrogen-bond acceptors (Lipinski definition) is 2. The molecular formula is C19H26O2. The van der Waals surface area contributed by atoms with E-state index in [0.29, 0.717) is 35.7 Å². The number of Topliss-reactive ketones (excluding diaryl/α,β-unsaturated/α-hetero) is 2. The molecule has 0 bridgehead atoms. The zero-order valence-electron chi connectivity index (χ0n) is 13.3. The highest BCUT2D eigenvalue weighted by Gasteiger charge is 2.58. The number of hydrogen-bond donors (Lipinski definition) is 0. The Labute approximate surface area is 127 Å². The average Bonchev–Trinajstić information content (AvgIpc) is 2.76. The molecule has 0 unspecified atom stereocenters. The molecule has 0 N–H and O–H groups in total. The summed E-state index contributed by atoms with van der Waals surface area (Å²) < 4.78 is 0. The molecule has 114 valence electrons. The highest BCUT2D eigenvalue weighted by atomic mass is 16.1. The van der Waals surface area contributed by atoms with E-state index < -0.39 is 0 Å². The lowest BCUT2D eigenvalue weighted by Gasteiger charge is -2.56. The largest absolute Gasteiger partial charge is 0.299 e. The summed E-state index contributed by atoms with van der Waals surface area (Å²) in [5, 5.41) is 0. The van der Waals surface area contributed by atoms with Gasteiger partial charge in [0.1, 0.15) is 11.6 Å². The molecular weight excluding hydrogens is 260 g/mol. The van der Waals surface area contributed by atoms with Crippen LogP contribution in [-0.4, -0.2) is 11.6 Å². The lowest BCUT2D eigenvalue weighted by Crippen LogP contribution is -2.50. The summed E-state index contributed by atoms with van der Waals surface area (Å²) in [7, 11) is 0. The second-order valence-electron chi connectivity index (χ2n) is 8.39. The van der Waals surface area contributed by atoms with E-state index >= 15 is 0 Å². The lowest BCUT2D eigenvalue weighted by molar-refractivity contribution is -0.132. The molecule has 0 amide bonds. The summed E-state index contributed by atoms with van der Waals surface area (Å²) in [5.41, 5.74) is 1.63. The standard InChI is InChI=1S/C19H26O2/c1-18-9-7-13(20)11-12(18)3-4-14-15-5-6-17(21)19(15,2)10-8-16(14)18/h3,14-16H,4-11H2,1-2H3/t14-,15+,16-,18-,19-/m0/s1. The third kappa shape index (κ3) is 1.71. The topological polar surface area (TPSA) is 34.1 Å². The van der Waals surface area contributed by atoms with Crippen LogP contribution in [0.2, 0.25) is 0 Å². The summed E-state index contributed by atoms with van der Waals surface area (Å²) >= 11 is 0. The van der Waals surface area contributed by atoms with Gasteiger partial charge in [0.15, 0.2) is 0 Å². The van der Waals surface area contributed by atoms with E-state index in [-0.39, 0.29) is 10.8 Å². The first-order valence-corrected chi connectivity index (χ1v) is 8.70. The molecule has 0 aliphatic heterocycles. The normalized spacial score (nSPS) is 49.2. The van der Waals surface area contributed by atoms with Crippen molar-refractivity contribution in [2.24, 2.45) is 28.6 Å². The number of allylic oxidation sites excluding steroid dienone is 2. The van der Waals surface area contributed by atoms with Gasteiger partial charge < -0.3 is 0 Å². The number of fused-ring (bicyclic) bond motifs is 5. The van der Waals surface area contributed by atoms with Crippen molar-refractivity contribution >= 4 is 11.6 Å². The molecule has 0 saturated heterocycles. The van der Waals surface area contributed by atoms with Crippen LogP contribution in [0.3, 0.4) is 0 Å². The molecule has 3 saturated carbocycles. The summed E-state index contributed by atoms with van der Waals surface area (Å²) in [6.45, 7) is 4.64. The predicted molar refractivity (Wildman–Crippen MR) is 81.7 cm³/mol. The minimum absolute atomic E-state index is 0.0344. The monoisotopic (exact) mass is 286 g/mol. The number of carbonyl (C=O) groups excluding carboxylic acids is 2. The molecule has 4 aliphatic rings. The highest BCUT2D eigenvalue weighted by molar-refractivity contribution is 5.87. The van der Waals surface area contributed by atoms with Crippen molar-refractivity contribution in [2.45, 2.75) is 65.2 Å². The fourth-order valence-electron chi connectivity index (χ4n) is 6.25. The van der Waals surface area contributed by atoms with Crippen LogP contribution in [0.1, 0.15) is 65.2 Å². The van der Waals surface area contributed by atoms with Crippen LogP contribution in [0, 0.1) is 28.6 Å². The Hall–Kier alpha value is -0.920. The minimum Gasteiger partial charge on any atom is -0.299 e. The molecule has 2 heteroatoms. The second kappa shape index (κ2) is 4.30. The molecule has 2 nitrogen and oxygen atoms in total. The molecule has 4 aliphatic carbocycles. The molecule has 3 fully saturated rings. The van der Waals surface area contributed by atoms with Crippen LogP contribution in [0.25, 0.3) is 0 Å². The van der Waals surface area contributed by atoms with Crippen LogP contribution < -0.4 is 0 Å². The number of ketones is 2. The smallest absolute Gasteiger partial charge is 0.139 e. The third-order valence-corrected chi connectivity index (χ3v) is 7.65. The van der Waals surface area contributed by atoms with Gasteiger partial charge in [0.25, 0.3) is 0 Å². The SMILES string of the molecule is C[C@]12CCC(=O)CC1=CC[C@H]1[C@H]3CCC(=O)[C@@]3(C)CC[C@@H]12. The third-order valence-electron chi connectivity index (χ3n) is 7.65. The Morgan fingerprint density at radius 3 is 2.57 bits per heavy atom. The van der Waals surface area contributed by atoms with Gasteiger partial charge in [-0.3, -0.25) is 9.59 Å². The van der Waals surface area contributed by atoms with Crippen molar-refractivity contribution < 1.29 is 9.59 Å². The Balaban J connectivity index is 1.71. The lowest BCUT2D eigenvalue weighted by atomic mass is 9.48. The summed E-state index contributed by atoms with van der Waals surface area (Å²) in [6, 6.07) is 0. The quantitative estimate of drug-likeness (QED) is 0.629.